The Balaban J connectivity index is 3.06. The Morgan fingerprint density at radius 2 is 2.17 bits per heavy atom. The summed E-state index contributed by atoms with van der Waals surface area (Å²) in [5.74, 6) is -0.563. The van der Waals surface area contributed by atoms with Gasteiger partial charge in [-0.3, -0.25) is 4.79 Å². The van der Waals surface area contributed by atoms with Crippen molar-refractivity contribution in [3.8, 4) is 0 Å². The van der Waals surface area contributed by atoms with E-state index in [4.69, 9.17) is 5.11 Å². The first-order valence-corrected chi connectivity index (χ1v) is 6.99. The van der Waals surface area contributed by atoms with Gasteiger partial charge in [-0.05, 0) is 0 Å². The molecule has 0 saturated carbocycles. The lowest BCUT2D eigenvalue weighted by Gasteiger charge is -2.16. The van der Waals surface area contributed by atoms with Crippen LogP contribution in [0.2, 0.25) is 0 Å². The zero-order valence-corrected chi connectivity index (χ0v) is 11.4. The lowest BCUT2D eigenvalue weighted by atomic mass is 10.2. The van der Waals surface area contributed by atoms with Crippen molar-refractivity contribution in [1.29, 1.82) is 0 Å². The van der Waals surface area contributed by atoms with E-state index in [1.807, 2.05) is 13.8 Å². The van der Waals surface area contributed by atoms with E-state index in [1.165, 1.54) is 6.20 Å². The van der Waals surface area contributed by atoms with E-state index in [-0.39, 0.29) is 17.5 Å². The summed E-state index contributed by atoms with van der Waals surface area (Å²) in [7, 11) is -3.82. The van der Waals surface area contributed by atoms with Crippen molar-refractivity contribution in [1.82, 2.24) is 14.3 Å². The molecule has 0 unspecified atom stereocenters. The molecule has 1 aromatic rings. The quantitative estimate of drug-likeness (QED) is 0.792. The molecule has 102 valence electrons. The molecule has 0 aliphatic carbocycles. The Labute approximate surface area is 106 Å². The van der Waals surface area contributed by atoms with Crippen molar-refractivity contribution in [2.24, 2.45) is 0 Å². The summed E-state index contributed by atoms with van der Waals surface area (Å²) in [6.45, 7) is 4.87. The maximum absolute atomic E-state index is 12.1. The van der Waals surface area contributed by atoms with Crippen LogP contribution < -0.4 is 0 Å². The van der Waals surface area contributed by atoms with Crippen LogP contribution in [0.25, 0.3) is 0 Å². The molecule has 18 heavy (non-hydrogen) atoms. The number of nitrogens with one attached hydrogen (secondary N) is 1. The number of aliphatic carboxylic acids is 1. The molecule has 0 fully saturated rings. The number of rotatable bonds is 6. The molecule has 0 atom stereocenters. The van der Waals surface area contributed by atoms with Crippen molar-refractivity contribution >= 4 is 16.0 Å². The number of hydrogen-bond donors (Lipinski definition) is 2. The largest absolute Gasteiger partial charge is 0.480 e. The summed E-state index contributed by atoms with van der Waals surface area (Å²) in [4.78, 5) is 17.3. The molecule has 7 nitrogen and oxygen atoms in total. The van der Waals surface area contributed by atoms with Crippen LogP contribution in [0.5, 0.6) is 0 Å². The standard InChI is InChI=1S/C10H17N3O4S/c1-4-13(6-9(14)15)18(16,17)8-5-11-10(12-8)7(2)3/h5,7H,4,6H2,1-3H3,(H,11,12)(H,14,15). The number of carbonyl (C=O) groups is 1. The SMILES string of the molecule is CCN(CC(=O)O)S(=O)(=O)c1cnc(C(C)C)[nH]1. The smallest absolute Gasteiger partial charge is 0.318 e. The Bertz CT molecular complexity index is 521. The monoisotopic (exact) mass is 275 g/mol. The van der Waals surface area contributed by atoms with Gasteiger partial charge in [-0.25, -0.2) is 13.4 Å². The van der Waals surface area contributed by atoms with Crippen molar-refractivity contribution in [2.75, 3.05) is 13.1 Å². The van der Waals surface area contributed by atoms with Gasteiger partial charge in [0, 0.05) is 12.5 Å². The molecule has 0 aromatic carbocycles. The van der Waals surface area contributed by atoms with Crippen LogP contribution in [0, 0.1) is 0 Å². The van der Waals surface area contributed by atoms with Crippen molar-refractivity contribution in [2.45, 2.75) is 31.7 Å². The van der Waals surface area contributed by atoms with Gasteiger partial charge in [0.05, 0.1) is 6.20 Å². The zero-order valence-electron chi connectivity index (χ0n) is 10.5. The van der Waals surface area contributed by atoms with E-state index >= 15 is 0 Å². The van der Waals surface area contributed by atoms with E-state index in [1.54, 1.807) is 6.92 Å². The summed E-state index contributed by atoms with van der Waals surface area (Å²) in [5, 5.41) is 8.61. The van der Waals surface area contributed by atoms with Crippen molar-refractivity contribution in [3.63, 3.8) is 0 Å². The zero-order chi connectivity index (χ0) is 13.9. The fourth-order valence-corrected chi connectivity index (χ4v) is 2.72. The van der Waals surface area contributed by atoms with Crippen LogP contribution in [0.4, 0.5) is 0 Å². The van der Waals surface area contributed by atoms with Crippen LogP contribution in [0.15, 0.2) is 11.2 Å². The Morgan fingerprint density at radius 3 is 2.56 bits per heavy atom. The van der Waals surface area contributed by atoms with E-state index < -0.39 is 22.5 Å². The maximum atomic E-state index is 12.1. The molecule has 0 saturated heterocycles. The number of nitrogens with zero attached hydrogens (tertiary/aromatic N) is 2. The van der Waals surface area contributed by atoms with Gasteiger partial charge in [-0.15, -0.1) is 0 Å². The Morgan fingerprint density at radius 1 is 1.56 bits per heavy atom. The van der Waals surface area contributed by atoms with Gasteiger partial charge in [0.1, 0.15) is 12.4 Å². The predicted octanol–water partition coefficient (Wildman–Crippen LogP) is 0.628. The summed E-state index contributed by atoms with van der Waals surface area (Å²) < 4.78 is 25.1. The fourth-order valence-electron chi connectivity index (χ4n) is 1.40. The number of aromatic amines is 1. The molecule has 0 bridgehead atoms. The summed E-state index contributed by atoms with van der Waals surface area (Å²) >= 11 is 0. The third-order valence-corrected chi connectivity index (χ3v) is 4.23. The second-order valence-corrected chi connectivity index (χ2v) is 6.02. The van der Waals surface area contributed by atoms with Gasteiger partial charge in [0.2, 0.25) is 0 Å². The van der Waals surface area contributed by atoms with Gasteiger partial charge in [0.25, 0.3) is 10.0 Å². The first kappa shape index (κ1) is 14.7. The summed E-state index contributed by atoms with van der Waals surface area (Å²) in [6, 6.07) is 0. The number of carboxylic acids is 1. The number of hydrogen-bond acceptors (Lipinski definition) is 4. The number of likely N-dealkylation sites (N-methyl/N-ethyl adjacent to an activating group) is 1. The van der Waals surface area contributed by atoms with Crippen LogP contribution >= 0.6 is 0 Å². The van der Waals surface area contributed by atoms with E-state index in [2.05, 4.69) is 9.97 Å². The van der Waals surface area contributed by atoms with Gasteiger partial charge in [-0.2, -0.15) is 4.31 Å². The lowest BCUT2D eigenvalue weighted by Crippen LogP contribution is -2.35. The molecule has 0 amide bonds. The molecule has 0 aliphatic heterocycles. The van der Waals surface area contributed by atoms with Gasteiger partial charge in [-0.1, -0.05) is 20.8 Å². The second kappa shape index (κ2) is 5.49. The average molecular weight is 275 g/mol. The Hall–Kier alpha value is -1.41. The fraction of sp³-hybridized carbons (Fsp3) is 0.600. The number of sulfonamides is 1. The molecule has 8 heteroatoms. The summed E-state index contributed by atoms with van der Waals surface area (Å²) in [5.41, 5.74) is 0. The van der Waals surface area contributed by atoms with Crippen LogP contribution in [-0.4, -0.2) is 46.9 Å². The molecule has 2 N–H and O–H groups in total. The van der Waals surface area contributed by atoms with Crippen molar-refractivity contribution in [3.05, 3.63) is 12.0 Å². The predicted molar refractivity (Wildman–Crippen MR) is 64.7 cm³/mol. The highest BCUT2D eigenvalue weighted by Gasteiger charge is 2.27. The van der Waals surface area contributed by atoms with E-state index in [0.29, 0.717) is 5.82 Å². The number of imidazole rings is 1. The van der Waals surface area contributed by atoms with Gasteiger partial charge in [0.15, 0.2) is 5.03 Å². The number of aromatic nitrogens is 2. The third-order valence-electron chi connectivity index (χ3n) is 2.40. The number of H-pyrrole nitrogens is 1. The second-order valence-electron chi connectivity index (χ2n) is 4.11. The molecule has 0 aliphatic rings. The van der Waals surface area contributed by atoms with E-state index in [0.717, 1.165) is 4.31 Å². The van der Waals surface area contributed by atoms with Crippen LogP contribution in [-0.2, 0) is 14.8 Å². The van der Waals surface area contributed by atoms with Crippen LogP contribution in [0.3, 0.4) is 0 Å². The molecule has 1 heterocycles. The maximum Gasteiger partial charge on any atom is 0.318 e. The average Bonchev–Trinajstić information content (AvgIpc) is 2.75. The topological polar surface area (TPSA) is 103 Å². The first-order valence-electron chi connectivity index (χ1n) is 5.55. The highest BCUT2D eigenvalue weighted by molar-refractivity contribution is 7.89. The minimum Gasteiger partial charge on any atom is -0.480 e. The normalized spacial score (nSPS) is 12.3. The molecule has 1 aromatic heterocycles. The third kappa shape index (κ3) is 3.08. The van der Waals surface area contributed by atoms with Gasteiger partial charge >= 0.3 is 5.97 Å². The van der Waals surface area contributed by atoms with Crippen LogP contribution in [0.1, 0.15) is 32.5 Å². The lowest BCUT2D eigenvalue weighted by molar-refractivity contribution is -0.137. The highest BCUT2D eigenvalue weighted by atomic mass is 32.2. The summed E-state index contributed by atoms with van der Waals surface area (Å²) in [6.07, 6.45) is 1.22. The molecule has 0 radical (unpaired) electrons. The number of carboxylic acid groups (broad SMARTS) is 1. The van der Waals surface area contributed by atoms with Gasteiger partial charge < -0.3 is 10.1 Å². The minimum atomic E-state index is -3.82. The first-order chi connectivity index (χ1) is 8.28. The molecule has 0 spiro atoms. The van der Waals surface area contributed by atoms with Crippen molar-refractivity contribution < 1.29 is 18.3 Å². The molecular weight excluding hydrogens is 258 g/mol. The minimum absolute atomic E-state index is 0.0727. The van der Waals surface area contributed by atoms with E-state index in [9.17, 15) is 13.2 Å². The highest BCUT2D eigenvalue weighted by Crippen LogP contribution is 2.16. The molecular formula is C10H17N3O4S. The molecule has 1 rings (SSSR count). The Kier molecular flexibility index (Phi) is 4.47.